The monoisotopic (exact) mass is 408 g/mol. The van der Waals surface area contributed by atoms with E-state index >= 15 is 0 Å². The number of piperidine rings is 1. The Balaban J connectivity index is 1.21. The van der Waals surface area contributed by atoms with Crippen LogP contribution < -0.4 is 0 Å². The number of likely N-dealkylation sites (tertiary alicyclic amines) is 1. The highest BCUT2D eigenvalue weighted by Gasteiger charge is 2.58. The highest BCUT2D eigenvalue weighted by molar-refractivity contribution is 5.85. The number of rotatable bonds is 4. The van der Waals surface area contributed by atoms with Crippen LogP contribution in [0, 0.1) is 5.92 Å². The standard InChI is InChI=1S/C23H32N6O/c1-25-12-13-28-20(17-25)22(30)29(15-18-5-6-18)23(28)7-10-26(11-8-23)16-19-14-24-21-4-2-3-9-27(19)21/h2-4,9,14,18,20H,5-8,10-13,15-17H2,1H3/t20-/m1/s1. The summed E-state index contributed by atoms with van der Waals surface area (Å²) in [6, 6.07) is 6.22. The van der Waals surface area contributed by atoms with Gasteiger partial charge >= 0.3 is 0 Å². The summed E-state index contributed by atoms with van der Waals surface area (Å²) in [5, 5.41) is 0. The average molecular weight is 409 g/mol. The number of carbonyl (C=O) groups is 1. The van der Waals surface area contributed by atoms with Gasteiger partial charge in [0.2, 0.25) is 5.91 Å². The molecule has 0 aromatic carbocycles. The maximum atomic E-state index is 13.4. The summed E-state index contributed by atoms with van der Waals surface area (Å²) < 4.78 is 2.19. The summed E-state index contributed by atoms with van der Waals surface area (Å²) in [5.74, 6) is 1.13. The Morgan fingerprint density at radius 3 is 2.77 bits per heavy atom. The Morgan fingerprint density at radius 1 is 1.13 bits per heavy atom. The molecule has 0 radical (unpaired) electrons. The van der Waals surface area contributed by atoms with Crippen LogP contribution in [0.4, 0.5) is 0 Å². The van der Waals surface area contributed by atoms with E-state index in [4.69, 9.17) is 0 Å². The zero-order chi connectivity index (χ0) is 20.3. The van der Waals surface area contributed by atoms with Crippen molar-refractivity contribution in [1.82, 2.24) is 29.0 Å². The van der Waals surface area contributed by atoms with Crippen LogP contribution >= 0.6 is 0 Å². The molecule has 2 aromatic heterocycles. The molecule has 3 saturated heterocycles. The summed E-state index contributed by atoms with van der Waals surface area (Å²) in [6.07, 6.45) is 8.82. The van der Waals surface area contributed by atoms with Crippen LogP contribution in [0.5, 0.6) is 0 Å². The van der Waals surface area contributed by atoms with Crippen LogP contribution in [0.2, 0.25) is 0 Å². The molecule has 4 aliphatic rings. The number of pyridine rings is 1. The average Bonchev–Trinajstić information content (AvgIpc) is 3.47. The summed E-state index contributed by atoms with van der Waals surface area (Å²) in [5.41, 5.74) is 2.20. The summed E-state index contributed by atoms with van der Waals surface area (Å²) >= 11 is 0. The number of carbonyl (C=O) groups excluding carboxylic acids is 1. The highest BCUT2D eigenvalue weighted by Crippen LogP contribution is 2.44. The van der Waals surface area contributed by atoms with Crippen molar-refractivity contribution in [3.8, 4) is 0 Å². The molecule has 2 aromatic rings. The van der Waals surface area contributed by atoms with E-state index in [0.717, 1.165) is 70.2 Å². The molecule has 3 aliphatic heterocycles. The lowest BCUT2D eigenvalue weighted by molar-refractivity contribution is -0.134. The second-order valence-electron chi connectivity index (χ2n) is 9.80. The maximum Gasteiger partial charge on any atom is 0.242 e. The van der Waals surface area contributed by atoms with E-state index < -0.39 is 0 Å². The van der Waals surface area contributed by atoms with Gasteiger partial charge in [0.25, 0.3) is 0 Å². The van der Waals surface area contributed by atoms with Crippen molar-refractivity contribution < 1.29 is 4.79 Å². The molecular weight excluding hydrogens is 376 g/mol. The van der Waals surface area contributed by atoms with Crippen molar-refractivity contribution in [2.24, 2.45) is 5.92 Å². The van der Waals surface area contributed by atoms with Crippen molar-refractivity contribution in [2.75, 3.05) is 46.3 Å². The minimum atomic E-state index is -0.0540. The fourth-order valence-corrected chi connectivity index (χ4v) is 5.95. The molecule has 0 N–H and O–H groups in total. The number of likely N-dealkylation sites (N-methyl/N-ethyl adjacent to an activating group) is 1. The smallest absolute Gasteiger partial charge is 0.242 e. The number of hydrogen-bond acceptors (Lipinski definition) is 5. The SMILES string of the molecule is CN1CCN2[C@H](C1)C(=O)N(CC1CC1)C21CCN(Cc2cnc3ccccn23)CC1. The molecule has 0 bridgehead atoms. The van der Waals surface area contributed by atoms with Crippen molar-refractivity contribution >= 4 is 11.6 Å². The minimum absolute atomic E-state index is 0.0540. The molecule has 7 nitrogen and oxygen atoms in total. The Kier molecular flexibility index (Phi) is 4.41. The second-order valence-corrected chi connectivity index (χ2v) is 9.80. The van der Waals surface area contributed by atoms with Gasteiger partial charge in [0.1, 0.15) is 11.7 Å². The molecule has 1 atom stereocenters. The van der Waals surface area contributed by atoms with Gasteiger partial charge in [-0.05, 0) is 50.8 Å². The quantitative estimate of drug-likeness (QED) is 0.767. The van der Waals surface area contributed by atoms with Crippen LogP contribution in [0.15, 0.2) is 30.6 Å². The molecule has 30 heavy (non-hydrogen) atoms. The van der Waals surface area contributed by atoms with Crippen molar-refractivity contribution in [2.45, 2.75) is 43.9 Å². The lowest BCUT2D eigenvalue weighted by Crippen LogP contribution is -2.63. The number of amides is 1. The lowest BCUT2D eigenvalue weighted by atomic mass is 9.93. The summed E-state index contributed by atoms with van der Waals surface area (Å²) in [7, 11) is 2.15. The van der Waals surface area contributed by atoms with E-state index in [2.05, 4.69) is 54.4 Å². The minimum Gasteiger partial charge on any atom is -0.322 e. The van der Waals surface area contributed by atoms with Gasteiger partial charge in [-0.25, -0.2) is 4.98 Å². The number of hydrogen-bond donors (Lipinski definition) is 0. The molecule has 160 valence electrons. The predicted octanol–water partition coefficient (Wildman–Crippen LogP) is 1.49. The lowest BCUT2D eigenvalue weighted by Gasteiger charge is -2.51. The number of nitrogens with zero attached hydrogens (tertiary/aromatic N) is 6. The molecule has 1 spiro atoms. The van der Waals surface area contributed by atoms with Crippen LogP contribution in [-0.4, -0.2) is 92.9 Å². The second kappa shape index (κ2) is 7.04. The highest BCUT2D eigenvalue weighted by atomic mass is 16.2. The van der Waals surface area contributed by atoms with E-state index in [1.165, 1.54) is 18.5 Å². The van der Waals surface area contributed by atoms with Crippen molar-refractivity contribution in [3.05, 3.63) is 36.3 Å². The normalized spacial score (nSPS) is 28.0. The Morgan fingerprint density at radius 2 is 1.97 bits per heavy atom. The largest absolute Gasteiger partial charge is 0.322 e. The van der Waals surface area contributed by atoms with Gasteiger partial charge < -0.3 is 14.2 Å². The zero-order valence-corrected chi connectivity index (χ0v) is 17.9. The van der Waals surface area contributed by atoms with Gasteiger partial charge in [-0.2, -0.15) is 0 Å². The van der Waals surface area contributed by atoms with Gasteiger partial charge in [0.15, 0.2) is 0 Å². The van der Waals surface area contributed by atoms with Crippen LogP contribution in [0.25, 0.3) is 5.65 Å². The first-order valence-corrected chi connectivity index (χ1v) is 11.5. The third-order valence-electron chi connectivity index (χ3n) is 7.85. The Hall–Kier alpha value is -1.96. The van der Waals surface area contributed by atoms with Gasteiger partial charge in [0, 0.05) is 52.0 Å². The third-order valence-corrected chi connectivity index (χ3v) is 7.85. The molecule has 1 aliphatic carbocycles. The van der Waals surface area contributed by atoms with E-state index in [1.54, 1.807) is 0 Å². The molecule has 7 heteroatoms. The number of aromatic nitrogens is 2. The van der Waals surface area contributed by atoms with Gasteiger partial charge in [-0.3, -0.25) is 14.6 Å². The predicted molar refractivity (Wildman–Crippen MR) is 115 cm³/mol. The fraction of sp³-hybridized carbons (Fsp3) is 0.652. The maximum absolute atomic E-state index is 13.4. The Bertz CT molecular complexity index is 944. The molecule has 1 amide bonds. The van der Waals surface area contributed by atoms with Crippen molar-refractivity contribution in [1.29, 1.82) is 0 Å². The summed E-state index contributed by atoms with van der Waals surface area (Å²) in [6.45, 7) is 6.93. The topological polar surface area (TPSA) is 47.3 Å². The first-order chi connectivity index (χ1) is 14.6. The first kappa shape index (κ1) is 18.8. The van der Waals surface area contributed by atoms with Gasteiger partial charge in [0.05, 0.1) is 17.6 Å². The fourth-order valence-electron chi connectivity index (χ4n) is 5.95. The number of imidazole rings is 1. The molecular formula is C23H32N6O. The van der Waals surface area contributed by atoms with E-state index in [9.17, 15) is 4.79 Å². The molecule has 6 rings (SSSR count). The van der Waals surface area contributed by atoms with E-state index in [-0.39, 0.29) is 11.7 Å². The molecule has 4 fully saturated rings. The van der Waals surface area contributed by atoms with Crippen LogP contribution in [0.3, 0.4) is 0 Å². The van der Waals surface area contributed by atoms with E-state index in [0.29, 0.717) is 5.91 Å². The third kappa shape index (κ3) is 2.98. The zero-order valence-electron chi connectivity index (χ0n) is 17.9. The molecule has 5 heterocycles. The van der Waals surface area contributed by atoms with Gasteiger partial charge in [-0.15, -0.1) is 0 Å². The van der Waals surface area contributed by atoms with Crippen LogP contribution in [-0.2, 0) is 11.3 Å². The molecule has 0 unspecified atom stereocenters. The number of piperazine rings is 1. The van der Waals surface area contributed by atoms with Crippen LogP contribution in [0.1, 0.15) is 31.4 Å². The Labute approximate surface area is 178 Å². The number of fused-ring (bicyclic) bond motifs is 3. The first-order valence-electron chi connectivity index (χ1n) is 11.5. The molecule has 1 saturated carbocycles. The summed E-state index contributed by atoms with van der Waals surface area (Å²) in [4.78, 5) is 27.8. The van der Waals surface area contributed by atoms with Crippen molar-refractivity contribution in [3.63, 3.8) is 0 Å². The van der Waals surface area contributed by atoms with E-state index in [1.807, 2.05) is 12.3 Å². The van der Waals surface area contributed by atoms with Gasteiger partial charge in [-0.1, -0.05) is 6.07 Å².